The average molecular weight is 637 g/mol. The summed E-state index contributed by atoms with van der Waals surface area (Å²) in [6.07, 6.45) is 2.60. The van der Waals surface area contributed by atoms with Gasteiger partial charge in [-0.05, 0) is 60.7 Å². The maximum absolute atomic E-state index is 13.8. The minimum atomic E-state index is -1.11. The molecule has 3 aromatic carbocycles. The molecule has 228 valence electrons. The van der Waals surface area contributed by atoms with E-state index in [1.54, 1.807) is 18.2 Å². The first kappa shape index (κ1) is 32.2. The molecule has 5 rings (SSSR count). The van der Waals surface area contributed by atoms with E-state index in [1.165, 1.54) is 0 Å². The number of nitrogens with zero attached hydrogens (tertiary/aromatic N) is 1. The second-order valence-corrected chi connectivity index (χ2v) is 10.6. The van der Waals surface area contributed by atoms with E-state index in [0.29, 0.717) is 47.4 Å². The normalized spacial score (nSPS) is 14.4. The highest BCUT2D eigenvalue weighted by Crippen LogP contribution is 2.35. The monoisotopic (exact) mass is 636 g/mol. The molecule has 0 atom stereocenters. The molecule has 1 fully saturated rings. The number of nitrogens with one attached hydrogen (secondary N) is 1. The van der Waals surface area contributed by atoms with Crippen LogP contribution in [0, 0.1) is 17.5 Å². The minimum Gasteiger partial charge on any atom is -0.490 e. The fourth-order valence-corrected chi connectivity index (χ4v) is 5.09. The van der Waals surface area contributed by atoms with Crippen LogP contribution < -0.4 is 14.8 Å². The number of carbonyl (C=O) groups is 2. The van der Waals surface area contributed by atoms with Crippen molar-refractivity contribution in [2.24, 2.45) is 0 Å². The standard InChI is InChI=1S/C30H27Cl2F3N2O3.CH2O2/c31-25-3-1-2-19(28(25)32)17-37(21-6-7-21)30(38)24-16-36-11-10-23(24)18-4-8-22(9-5-18)39-12-13-40-29-26(34)14-20(33)15-27(29)35;2-1-3/h1-5,8-9,14-15,21,36H,6-7,10-13,16-17H2;1H,(H,2,3). The van der Waals surface area contributed by atoms with Crippen LogP contribution in [-0.2, 0) is 16.1 Å². The molecule has 3 aromatic rings. The Labute approximate surface area is 256 Å². The molecule has 1 aliphatic heterocycles. The molecule has 1 heterocycles. The van der Waals surface area contributed by atoms with Crippen LogP contribution in [0.25, 0.3) is 5.57 Å². The number of hydrogen-bond acceptors (Lipinski definition) is 5. The molecule has 2 N–H and O–H groups in total. The highest BCUT2D eigenvalue weighted by Gasteiger charge is 2.35. The van der Waals surface area contributed by atoms with E-state index in [0.717, 1.165) is 41.7 Å². The predicted molar refractivity (Wildman–Crippen MR) is 157 cm³/mol. The lowest BCUT2D eigenvalue weighted by molar-refractivity contribution is -0.128. The van der Waals surface area contributed by atoms with Crippen LogP contribution in [0.2, 0.25) is 10.0 Å². The first-order valence-corrected chi connectivity index (χ1v) is 14.2. The van der Waals surface area contributed by atoms with Gasteiger partial charge in [0, 0.05) is 36.8 Å². The quantitative estimate of drug-likeness (QED) is 0.195. The van der Waals surface area contributed by atoms with Gasteiger partial charge in [-0.15, -0.1) is 0 Å². The Bertz CT molecular complexity index is 1460. The summed E-state index contributed by atoms with van der Waals surface area (Å²) in [5.41, 5.74) is 3.43. The molecule has 12 heteroatoms. The Balaban J connectivity index is 0.00000135. The summed E-state index contributed by atoms with van der Waals surface area (Å²) in [5, 5.41) is 11.1. The molecule has 0 saturated heterocycles. The van der Waals surface area contributed by atoms with Crippen LogP contribution in [0.5, 0.6) is 11.5 Å². The smallest absolute Gasteiger partial charge is 0.290 e. The lowest BCUT2D eigenvalue weighted by atomic mass is 9.93. The predicted octanol–water partition coefficient (Wildman–Crippen LogP) is 6.51. The van der Waals surface area contributed by atoms with Gasteiger partial charge in [-0.3, -0.25) is 9.59 Å². The summed E-state index contributed by atoms with van der Waals surface area (Å²) in [6.45, 7) is 1.24. The van der Waals surface area contributed by atoms with Crippen LogP contribution in [0.4, 0.5) is 13.2 Å². The number of benzene rings is 3. The van der Waals surface area contributed by atoms with Crippen LogP contribution in [0.3, 0.4) is 0 Å². The van der Waals surface area contributed by atoms with Gasteiger partial charge in [0.1, 0.15) is 24.8 Å². The highest BCUT2D eigenvalue weighted by atomic mass is 35.5. The summed E-state index contributed by atoms with van der Waals surface area (Å²) in [7, 11) is 0. The lowest BCUT2D eigenvalue weighted by Crippen LogP contribution is -2.39. The lowest BCUT2D eigenvalue weighted by Gasteiger charge is -2.28. The number of ether oxygens (including phenoxy) is 2. The van der Waals surface area contributed by atoms with E-state index in [9.17, 15) is 18.0 Å². The van der Waals surface area contributed by atoms with Gasteiger partial charge in [-0.1, -0.05) is 47.5 Å². The number of amides is 1. The minimum absolute atomic E-state index is 0.0153. The molecule has 0 aromatic heterocycles. The number of rotatable bonds is 10. The summed E-state index contributed by atoms with van der Waals surface area (Å²) in [6, 6.07) is 14.1. The molecule has 0 radical (unpaired) electrons. The van der Waals surface area contributed by atoms with Crippen LogP contribution in [-0.4, -0.2) is 54.7 Å². The Morgan fingerprint density at radius 1 is 1.02 bits per heavy atom. The van der Waals surface area contributed by atoms with Crippen LogP contribution >= 0.6 is 23.2 Å². The van der Waals surface area contributed by atoms with Gasteiger partial charge >= 0.3 is 0 Å². The third-order valence-electron chi connectivity index (χ3n) is 6.86. The molecule has 0 unspecified atom stereocenters. The third-order valence-corrected chi connectivity index (χ3v) is 7.72. The second kappa shape index (κ2) is 15.1. The van der Waals surface area contributed by atoms with Crippen molar-refractivity contribution in [3.63, 3.8) is 0 Å². The first-order chi connectivity index (χ1) is 20.7. The molecule has 1 amide bonds. The molecule has 1 saturated carbocycles. The zero-order chi connectivity index (χ0) is 30.9. The summed E-state index contributed by atoms with van der Waals surface area (Å²) >= 11 is 12.6. The van der Waals surface area contributed by atoms with Crippen molar-refractivity contribution in [1.29, 1.82) is 0 Å². The number of carboxylic acid groups (broad SMARTS) is 1. The molecule has 0 bridgehead atoms. The molecule has 7 nitrogen and oxygen atoms in total. The maximum atomic E-state index is 13.8. The van der Waals surface area contributed by atoms with Gasteiger partial charge in [0.05, 0.1) is 10.0 Å². The van der Waals surface area contributed by atoms with E-state index in [4.69, 9.17) is 42.6 Å². The van der Waals surface area contributed by atoms with Crippen molar-refractivity contribution in [3.05, 3.63) is 98.8 Å². The van der Waals surface area contributed by atoms with Crippen molar-refractivity contribution in [2.45, 2.75) is 31.8 Å². The van der Waals surface area contributed by atoms with Crippen molar-refractivity contribution < 1.29 is 37.3 Å². The Morgan fingerprint density at radius 2 is 1.67 bits per heavy atom. The number of hydrogen-bond donors (Lipinski definition) is 2. The molecular weight excluding hydrogens is 608 g/mol. The average Bonchev–Trinajstić information content (AvgIpc) is 3.83. The van der Waals surface area contributed by atoms with Crippen LogP contribution in [0.1, 0.15) is 30.4 Å². The van der Waals surface area contributed by atoms with Crippen molar-refractivity contribution in [3.8, 4) is 11.5 Å². The summed E-state index contributed by atoms with van der Waals surface area (Å²) in [4.78, 5) is 24.1. The SMILES string of the molecule is O=C(C1=C(c2ccc(OCCOc3c(F)cc(F)cc3F)cc2)CCNC1)N(Cc1cccc(Cl)c1Cl)C1CC1.O=CO. The van der Waals surface area contributed by atoms with E-state index < -0.39 is 23.2 Å². The Morgan fingerprint density at radius 3 is 2.33 bits per heavy atom. The third kappa shape index (κ3) is 8.43. The van der Waals surface area contributed by atoms with Gasteiger partial charge in [-0.25, -0.2) is 13.2 Å². The maximum Gasteiger partial charge on any atom is 0.290 e. The Hall–Kier alpha value is -3.73. The number of carbonyl (C=O) groups excluding carboxylic acids is 1. The van der Waals surface area contributed by atoms with Gasteiger partial charge in [0.25, 0.3) is 12.4 Å². The summed E-state index contributed by atoms with van der Waals surface area (Å²) in [5.74, 6) is -3.37. The van der Waals surface area contributed by atoms with Gasteiger partial charge in [0.15, 0.2) is 17.4 Å². The van der Waals surface area contributed by atoms with E-state index >= 15 is 0 Å². The largest absolute Gasteiger partial charge is 0.490 e. The van der Waals surface area contributed by atoms with Gasteiger partial charge < -0.3 is 24.8 Å². The van der Waals surface area contributed by atoms with Crippen molar-refractivity contribution in [2.75, 3.05) is 26.3 Å². The van der Waals surface area contributed by atoms with Crippen LogP contribution in [0.15, 0.2) is 60.2 Å². The topological polar surface area (TPSA) is 88.1 Å². The van der Waals surface area contributed by atoms with Crippen molar-refractivity contribution >= 4 is 41.2 Å². The highest BCUT2D eigenvalue weighted by molar-refractivity contribution is 6.42. The molecule has 2 aliphatic rings. The zero-order valence-corrected chi connectivity index (χ0v) is 24.4. The molecule has 1 aliphatic carbocycles. The molecule has 43 heavy (non-hydrogen) atoms. The molecule has 0 spiro atoms. The molecular formula is C31H29Cl2F3N2O5. The van der Waals surface area contributed by atoms with Gasteiger partial charge in [-0.2, -0.15) is 0 Å². The zero-order valence-electron chi connectivity index (χ0n) is 22.9. The fourth-order valence-electron chi connectivity index (χ4n) is 4.71. The Kier molecular flexibility index (Phi) is 11.3. The fraction of sp³-hybridized carbons (Fsp3) is 0.290. The van der Waals surface area contributed by atoms with Crippen molar-refractivity contribution in [1.82, 2.24) is 10.2 Å². The van der Waals surface area contributed by atoms with E-state index in [1.807, 2.05) is 29.2 Å². The van der Waals surface area contributed by atoms with E-state index in [-0.39, 0.29) is 31.6 Å². The number of halogens is 5. The van der Waals surface area contributed by atoms with E-state index in [2.05, 4.69) is 5.32 Å². The second-order valence-electron chi connectivity index (χ2n) is 9.79. The first-order valence-electron chi connectivity index (χ1n) is 13.5. The summed E-state index contributed by atoms with van der Waals surface area (Å²) < 4.78 is 51.2. The van der Waals surface area contributed by atoms with Gasteiger partial charge in [0.2, 0.25) is 0 Å².